The van der Waals surface area contributed by atoms with E-state index in [1.807, 2.05) is 31.5 Å². The lowest BCUT2D eigenvalue weighted by atomic mass is 10.1. The monoisotopic (exact) mass is 373 g/mol. The lowest BCUT2D eigenvalue weighted by Crippen LogP contribution is -2.46. The number of fused-ring (bicyclic) bond motifs is 1. The van der Waals surface area contributed by atoms with Crippen LogP contribution in [0.3, 0.4) is 0 Å². The van der Waals surface area contributed by atoms with Crippen LogP contribution in [0.4, 0.5) is 5.69 Å². The summed E-state index contributed by atoms with van der Waals surface area (Å²) in [6.45, 7) is 3.41. The minimum Gasteiger partial charge on any atom is -0.392 e. The number of nitrogens with one attached hydrogen (secondary N) is 3. The number of aliphatic hydroxyl groups is 1. The van der Waals surface area contributed by atoms with Gasteiger partial charge in [0, 0.05) is 54.9 Å². The summed E-state index contributed by atoms with van der Waals surface area (Å²) in [6, 6.07) is 4.06. The summed E-state index contributed by atoms with van der Waals surface area (Å²) in [5.74, 6) is 0.789. The number of thioether (sulfide) groups is 1. The molecule has 0 bridgehead atoms. The second-order valence-corrected chi connectivity index (χ2v) is 7.91. The molecule has 138 valence electrons. The van der Waals surface area contributed by atoms with E-state index in [4.69, 9.17) is 0 Å². The van der Waals surface area contributed by atoms with E-state index in [-0.39, 0.29) is 24.1 Å². The molecule has 4 rings (SSSR count). The molecule has 2 aliphatic heterocycles. The number of β-amino-alcohol motifs (C(OH)–C–C–N with tert-alkyl or cyclic N) is 1. The lowest BCUT2D eigenvalue weighted by molar-refractivity contribution is -0.117. The minimum atomic E-state index is -0.325. The Bertz CT molecular complexity index is 836. The summed E-state index contributed by atoms with van der Waals surface area (Å²) < 4.78 is 0. The highest BCUT2D eigenvalue weighted by Crippen LogP contribution is 2.30. The Balaban J connectivity index is 1.49. The van der Waals surface area contributed by atoms with Gasteiger partial charge in [-0.2, -0.15) is 0 Å². The molecule has 1 saturated heterocycles. The molecule has 7 nitrogen and oxygen atoms in total. The maximum absolute atomic E-state index is 12.7. The number of hydrogen-bond donors (Lipinski definition) is 4. The molecule has 0 saturated carbocycles. The van der Waals surface area contributed by atoms with Crippen molar-refractivity contribution >= 4 is 34.4 Å². The van der Waals surface area contributed by atoms with E-state index in [9.17, 15) is 9.90 Å². The third-order valence-electron chi connectivity index (χ3n) is 4.94. The fraction of sp³-hybridized carbons (Fsp3) is 0.444. The van der Waals surface area contributed by atoms with Gasteiger partial charge in [0.2, 0.25) is 0 Å². The number of hydrogen-bond acceptors (Lipinski definition) is 6. The number of pyridine rings is 1. The smallest absolute Gasteiger partial charge is 0.259 e. The molecule has 0 aromatic carbocycles. The molecule has 26 heavy (non-hydrogen) atoms. The summed E-state index contributed by atoms with van der Waals surface area (Å²) in [6.07, 6.45) is 5.93. The quantitative estimate of drug-likeness (QED) is 0.643. The predicted octanol–water partition coefficient (Wildman–Crippen LogP) is 1.18. The molecule has 0 aliphatic carbocycles. The first-order valence-corrected chi connectivity index (χ1v) is 9.86. The Morgan fingerprint density at radius 1 is 1.50 bits per heavy atom. The first-order valence-electron chi connectivity index (χ1n) is 8.87. The van der Waals surface area contributed by atoms with Crippen LogP contribution in [-0.2, 0) is 4.79 Å². The molecule has 4 N–H and O–H groups in total. The zero-order chi connectivity index (χ0) is 18.1. The van der Waals surface area contributed by atoms with Crippen LogP contribution in [0.15, 0.2) is 35.6 Å². The number of nitrogens with zero attached hydrogens (tertiary/aromatic N) is 2. The van der Waals surface area contributed by atoms with Gasteiger partial charge >= 0.3 is 0 Å². The standard InChI is InChI=1S/C18H23N5O2S/c1-11(14-8-12(24)9-21-14)22-18(25)16-10-23(6-7-26-16)15-3-5-20-17-13(15)2-4-19-17/h2-5,10-12,14,21,24H,6-9H2,1H3,(H,19,20)(H,22,25)/t11?,12-,14+/m1/s1. The number of anilines is 1. The van der Waals surface area contributed by atoms with E-state index in [0.717, 1.165) is 29.0 Å². The van der Waals surface area contributed by atoms with Crippen LogP contribution in [0.2, 0.25) is 0 Å². The lowest BCUT2D eigenvalue weighted by Gasteiger charge is -2.28. The fourth-order valence-corrected chi connectivity index (χ4v) is 4.41. The van der Waals surface area contributed by atoms with Gasteiger partial charge in [-0.1, -0.05) is 0 Å². The molecule has 1 fully saturated rings. The number of carbonyl (C=O) groups is 1. The number of rotatable bonds is 4. The summed E-state index contributed by atoms with van der Waals surface area (Å²) in [4.78, 5) is 23.0. The first-order chi connectivity index (χ1) is 12.6. The summed E-state index contributed by atoms with van der Waals surface area (Å²) >= 11 is 1.58. The molecule has 3 atom stereocenters. The van der Waals surface area contributed by atoms with Gasteiger partial charge in [0.05, 0.1) is 16.7 Å². The minimum absolute atomic E-state index is 0.0335. The van der Waals surface area contributed by atoms with Crippen molar-refractivity contribution in [2.45, 2.75) is 31.5 Å². The Labute approximate surface area is 156 Å². The number of aromatic nitrogens is 2. The van der Waals surface area contributed by atoms with Crippen molar-refractivity contribution in [3.05, 3.63) is 35.6 Å². The van der Waals surface area contributed by atoms with E-state index in [1.165, 1.54) is 0 Å². The van der Waals surface area contributed by atoms with Crippen LogP contribution in [0, 0.1) is 0 Å². The molecule has 1 amide bonds. The number of amides is 1. The van der Waals surface area contributed by atoms with Gasteiger partial charge in [0.1, 0.15) is 5.65 Å². The molecule has 0 radical (unpaired) electrons. The Morgan fingerprint density at radius 3 is 3.19 bits per heavy atom. The topological polar surface area (TPSA) is 93.3 Å². The SMILES string of the molecule is CC(NC(=O)C1=CN(c2ccnc3[nH]ccc23)CCS1)[C@@H]1C[C@@H](O)CN1. The Morgan fingerprint density at radius 2 is 2.38 bits per heavy atom. The number of aromatic amines is 1. The van der Waals surface area contributed by atoms with Crippen molar-refractivity contribution in [1.29, 1.82) is 0 Å². The number of H-pyrrole nitrogens is 1. The molecule has 8 heteroatoms. The van der Waals surface area contributed by atoms with Crippen molar-refractivity contribution in [2.75, 3.05) is 23.7 Å². The van der Waals surface area contributed by atoms with Gasteiger partial charge in [-0.3, -0.25) is 4.79 Å². The molecule has 2 aliphatic rings. The first kappa shape index (κ1) is 17.4. The highest BCUT2D eigenvalue weighted by molar-refractivity contribution is 8.04. The van der Waals surface area contributed by atoms with Crippen LogP contribution >= 0.6 is 11.8 Å². The second-order valence-electron chi connectivity index (χ2n) is 6.77. The van der Waals surface area contributed by atoms with Crippen molar-refractivity contribution in [3.63, 3.8) is 0 Å². The van der Waals surface area contributed by atoms with Gasteiger partial charge in [-0.15, -0.1) is 11.8 Å². The number of aliphatic hydroxyl groups excluding tert-OH is 1. The van der Waals surface area contributed by atoms with Gasteiger partial charge in [-0.05, 0) is 25.5 Å². The molecular formula is C18H23N5O2S. The van der Waals surface area contributed by atoms with Crippen LogP contribution in [0.5, 0.6) is 0 Å². The second kappa shape index (κ2) is 7.30. The largest absolute Gasteiger partial charge is 0.392 e. The maximum Gasteiger partial charge on any atom is 0.259 e. The van der Waals surface area contributed by atoms with Gasteiger partial charge < -0.3 is 25.6 Å². The maximum atomic E-state index is 12.7. The van der Waals surface area contributed by atoms with Crippen LogP contribution in [0.25, 0.3) is 11.0 Å². The number of carbonyl (C=O) groups excluding carboxylic acids is 1. The summed E-state index contributed by atoms with van der Waals surface area (Å²) in [5, 5.41) is 17.0. The Hall–Kier alpha value is -2.03. The van der Waals surface area contributed by atoms with E-state index in [0.29, 0.717) is 17.9 Å². The zero-order valence-electron chi connectivity index (χ0n) is 14.6. The average molecular weight is 373 g/mol. The van der Waals surface area contributed by atoms with Crippen molar-refractivity contribution in [1.82, 2.24) is 20.6 Å². The molecule has 2 aromatic rings. The predicted molar refractivity (Wildman–Crippen MR) is 104 cm³/mol. The van der Waals surface area contributed by atoms with E-state index >= 15 is 0 Å². The molecule has 1 unspecified atom stereocenters. The molecule has 4 heterocycles. The molecule has 0 spiro atoms. The van der Waals surface area contributed by atoms with Gasteiger partial charge in [-0.25, -0.2) is 4.98 Å². The van der Waals surface area contributed by atoms with Crippen LogP contribution < -0.4 is 15.5 Å². The van der Waals surface area contributed by atoms with Gasteiger partial charge in [0.15, 0.2) is 0 Å². The van der Waals surface area contributed by atoms with Crippen molar-refractivity contribution in [3.8, 4) is 0 Å². The summed E-state index contributed by atoms with van der Waals surface area (Å²) in [7, 11) is 0. The zero-order valence-corrected chi connectivity index (χ0v) is 15.4. The van der Waals surface area contributed by atoms with Crippen molar-refractivity contribution in [2.24, 2.45) is 0 Å². The fourth-order valence-electron chi connectivity index (χ4n) is 3.51. The highest BCUT2D eigenvalue weighted by Gasteiger charge is 2.29. The van der Waals surface area contributed by atoms with Crippen LogP contribution in [-0.4, -0.2) is 58.0 Å². The van der Waals surface area contributed by atoms with Crippen LogP contribution in [0.1, 0.15) is 13.3 Å². The Kier molecular flexibility index (Phi) is 4.88. The third-order valence-corrected chi connectivity index (χ3v) is 5.93. The highest BCUT2D eigenvalue weighted by atomic mass is 32.2. The van der Waals surface area contributed by atoms with Gasteiger partial charge in [0.25, 0.3) is 5.91 Å². The molecular weight excluding hydrogens is 350 g/mol. The van der Waals surface area contributed by atoms with E-state index < -0.39 is 0 Å². The van der Waals surface area contributed by atoms with Crippen molar-refractivity contribution < 1.29 is 9.90 Å². The average Bonchev–Trinajstić information content (AvgIpc) is 3.30. The normalized spacial score (nSPS) is 24.5. The summed E-state index contributed by atoms with van der Waals surface area (Å²) in [5.41, 5.74) is 1.90. The van der Waals surface area contributed by atoms with E-state index in [1.54, 1.807) is 18.0 Å². The third kappa shape index (κ3) is 3.44. The molecule has 2 aromatic heterocycles. The van der Waals surface area contributed by atoms with E-state index in [2.05, 4.69) is 25.5 Å².